The average Bonchev–Trinajstić information content (AvgIpc) is 2.79. The molecular formula is C21H15BrF5NO6. The first-order valence-corrected chi connectivity index (χ1v) is 10.1. The summed E-state index contributed by atoms with van der Waals surface area (Å²) in [5.41, 5.74) is -2.03. The van der Waals surface area contributed by atoms with Gasteiger partial charge in [0, 0.05) is 4.47 Å². The summed E-state index contributed by atoms with van der Waals surface area (Å²) in [6, 6.07) is 4.23. The van der Waals surface area contributed by atoms with E-state index in [-0.39, 0.29) is 48.2 Å². The summed E-state index contributed by atoms with van der Waals surface area (Å²) in [5.74, 6) is -6.41. The number of anilines is 1. The van der Waals surface area contributed by atoms with Crippen LogP contribution >= 0.6 is 15.9 Å². The van der Waals surface area contributed by atoms with Gasteiger partial charge in [-0.25, -0.2) is 18.4 Å². The van der Waals surface area contributed by atoms with Gasteiger partial charge in [-0.1, -0.05) is 15.9 Å². The second kappa shape index (κ2) is 9.97. The Morgan fingerprint density at radius 1 is 1.03 bits per heavy atom. The fraction of sp³-hybridized carbons (Fsp3) is 0.238. The van der Waals surface area contributed by atoms with E-state index in [1.54, 1.807) is 0 Å². The first kappa shape index (κ1) is 25.4. The highest BCUT2D eigenvalue weighted by atomic mass is 79.9. The maximum atomic E-state index is 14.4. The van der Waals surface area contributed by atoms with Gasteiger partial charge in [0.25, 0.3) is 0 Å². The molecule has 34 heavy (non-hydrogen) atoms. The molecule has 0 fully saturated rings. The number of benzene rings is 2. The maximum absolute atomic E-state index is 14.4. The molecule has 13 heteroatoms. The molecule has 1 aliphatic rings. The normalized spacial score (nSPS) is 14.2. The Labute approximate surface area is 197 Å². The van der Waals surface area contributed by atoms with Crippen molar-refractivity contribution in [2.24, 2.45) is 0 Å². The zero-order valence-corrected chi connectivity index (χ0v) is 19.1. The third kappa shape index (κ3) is 5.14. The first-order valence-electron chi connectivity index (χ1n) is 9.26. The summed E-state index contributed by atoms with van der Waals surface area (Å²) < 4.78 is 87.9. The summed E-state index contributed by atoms with van der Waals surface area (Å²) in [4.78, 5) is 25.8. The monoisotopic (exact) mass is 551 g/mol. The average molecular weight is 552 g/mol. The van der Waals surface area contributed by atoms with Gasteiger partial charge in [0.2, 0.25) is 0 Å². The summed E-state index contributed by atoms with van der Waals surface area (Å²) in [6.07, 6.45) is -4.97. The van der Waals surface area contributed by atoms with Crippen LogP contribution in [-0.4, -0.2) is 39.5 Å². The number of rotatable bonds is 5. The molecule has 2 aromatic carbocycles. The van der Waals surface area contributed by atoms with Crippen molar-refractivity contribution in [1.29, 1.82) is 0 Å². The molecule has 0 N–H and O–H groups in total. The van der Waals surface area contributed by atoms with Crippen LogP contribution in [0.15, 0.2) is 46.1 Å². The summed E-state index contributed by atoms with van der Waals surface area (Å²) in [5, 5.41) is 0. The van der Waals surface area contributed by atoms with E-state index in [0.29, 0.717) is 4.47 Å². The molecule has 0 aliphatic carbocycles. The van der Waals surface area contributed by atoms with Gasteiger partial charge in [-0.05, 0) is 30.3 Å². The minimum atomic E-state index is -4.97. The second-order valence-electron chi connectivity index (χ2n) is 6.70. The Morgan fingerprint density at radius 2 is 1.65 bits per heavy atom. The van der Waals surface area contributed by atoms with Crippen LogP contribution in [0.3, 0.4) is 0 Å². The fourth-order valence-corrected chi connectivity index (χ4v) is 3.40. The van der Waals surface area contributed by atoms with Crippen molar-refractivity contribution in [1.82, 2.24) is 0 Å². The minimum Gasteiger partial charge on any atom is -0.466 e. The molecule has 3 rings (SSSR count). The van der Waals surface area contributed by atoms with Gasteiger partial charge in [-0.3, -0.25) is 0 Å². The largest absolute Gasteiger partial charge is 0.466 e. The van der Waals surface area contributed by atoms with E-state index in [1.165, 1.54) is 18.2 Å². The fourth-order valence-electron chi connectivity index (χ4n) is 3.05. The molecule has 0 radical (unpaired) electrons. The van der Waals surface area contributed by atoms with Crippen LogP contribution in [0.2, 0.25) is 0 Å². The number of carbonyl (C=O) groups excluding carboxylic acids is 2. The standard InChI is InChI=1S/C21H15BrF5NO6/c1-31-19(29)12-8-33-9-28(17(12)20(30)32-2)15-7-11(22)3-4-16(15)34-18-13(23)5-10(6-14(18)24)21(25,26)27/h3-7H,8-9H2,1-2H3. The van der Waals surface area contributed by atoms with E-state index >= 15 is 0 Å². The van der Waals surface area contributed by atoms with Crippen LogP contribution in [0.4, 0.5) is 27.6 Å². The quantitative estimate of drug-likeness (QED) is 0.385. The van der Waals surface area contributed by atoms with Gasteiger partial charge in [0.05, 0.1) is 37.7 Å². The van der Waals surface area contributed by atoms with Crippen LogP contribution in [0.25, 0.3) is 0 Å². The van der Waals surface area contributed by atoms with Gasteiger partial charge in [-0.15, -0.1) is 0 Å². The minimum absolute atomic E-state index is 0.0189. The third-order valence-electron chi connectivity index (χ3n) is 4.58. The Balaban J connectivity index is 2.13. The highest BCUT2D eigenvalue weighted by Crippen LogP contribution is 2.41. The second-order valence-corrected chi connectivity index (χ2v) is 7.61. The van der Waals surface area contributed by atoms with Crippen molar-refractivity contribution >= 4 is 33.6 Å². The van der Waals surface area contributed by atoms with Crippen molar-refractivity contribution in [3.63, 3.8) is 0 Å². The highest BCUT2D eigenvalue weighted by molar-refractivity contribution is 9.10. The first-order chi connectivity index (χ1) is 16.0. The number of hydrogen-bond donors (Lipinski definition) is 0. The van der Waals surface area contributed by atoms with Gasteiger partial charge in [0.15, 0.2) is 23.1 Å². The van der Waals surface area contributed by atoms with Crippen molar-refractivity contribution < 1.29 is 50.5 Å². The number of carbonyl (C=O) groups is 2. The lowest BCUT2D eigenvalue weighted by Crippen LogP contribution is -2.39. The number of halogens is 6. The molecule has 182 valence electrons. The van der Waals surface area contributed by atoms with Crippen LogP contribution in [0.5, 0.6) is 11.5 Å². The number of methoxy groups -OCH3 is 2. The van der Waals surface area contributed by atoms with E-state index in [4.69, 9.17) is 14.2 Å². The molecule has 2 aromatic rings. The van der Waals surface area contributed by atoms with Gasteiger partial charge < -0.3 is 23.8 Å². The topological polar surface area (TPSA) is 74.3 Å². The predicted molar refractivity (Wildman–Crippen MR) is 110 cm³/mol. The summed E-state index contributed by atoms with van der Waals surface area (Å²) >= 11 is 3.22. The zero-order valence-electron chi connectivity index (χ0n) is 17.5. The smallest absolute Gasteiger partial charge is 0.416 e. The Bertz CT molecular complexity index is 1140. The molecule has 1 aliphatic heterocycles. The molecule has 7 nitrogen and oxygen atoms in total. The van der Waals surface area contributed by atoms with E-state index < -0.39 is 41.1 Å². The molecule has 0 atom stereocenters. The number of alkyl halides is 3. The lowest BCUT2D eigenvalue weighted by Gasteiger charge is -2.32. The number of nitrogens with zero attached hydrogens (tertiary/aromatic N) is 1. The molecule has 0 amide bonds. The molecule has 1 heterocycles. The number of esters is 2. The van der Waals surface area contributed by atoms with Crippen molar-refractivity contribution in [2.45, 2.75) is 6.18 Å². The number of ether oxygens (including phenoxy) is 4. The van der Waals surface area contributed by atoms with Gasteiger partial charge in [0.1, 0.15) is 12.4 Å². The molecule has 0 aromatic heterocycles. The highest BCUT2D eigenvalue weighted by Gasteiger charge is 2.35. The number of hydrogen-bond acceptors (Lipinski definition) is 7. The molecule has 0 spiro atoms. The summed E-state index contributed by atoms with van der Waals surface area (Å²) in [6.45, 7) is -0.602. The van der Waals surface area contributed by atoms with Crippen LogP contribution < -0.4 is 9.64 Å². The lowest BCUT2D eigenvalue weighted by molar-refractivity contribution is -0.140. The van der Waals surface area contributed by atoms with E-state index in [0.717, 1.165) is 19.1 Å². The van der Waals surface area contributed by atoms with E-state index in [2.05, 4.69) is 20.7 Å². The molecular weight excluding hydrogens is 537 g/mol. The molecule has 0 unspecified atom stereocenters. The Hall–Kier alpha value is -3.19. The maximum Gasteiger partial charge on any atom is 0.416 e. The van der Waals surface area contributed by atoms with E-state index in [1.807, 2.05) is 0 Å². The van der Waals surface area contributed by atoms with Crippen molar-refractivity contribution in [2.75, 3.05) is 32.5 Å². The van der Waals surface area contributed by atoms with Crippen LogP contribution in [0, 0.1) is 11.6 Å². The van der Waals surface area contributed by atoms with Gasteiger partial charge in [-0.2, -0.15) is 13.2 Å². The Morgan fingerprint density at radius 3 is 2.21 bits per heavy atom. The SMILES string of the molecule is COC(=O)C1=C(C(=O)OC)N(c2cc(Br)ccc2Oc2c(F)cc(C(F)(F)F)cc2F)COC1. The van der Waals surface area contributed by atoms with Crippen molar-refractivity contribution in [3.05, 3.63) is 63.3 Å². The van der Waals surface area contributed by atoms with Crippen LogP contribution in [0.1, 0.15) is 5.56 Å². The molecule has 0 saturated heterocycles. The Kier molecular flexibility index (Phi) is 7.46. The van der Waals surface area contributed by atoms with Gasteiger partial charge >= 0.3 is 18.1 Å². The van der Waals surface area contributed by atoms with E-state index in [9.17, 15) is 31.5 Å². The lowest BCUT2D eigenvalue weighted by atomic mass is 10.1. The zero-order chi connectivity index (χ0) is 25.2. The van der Waals surface area contributed by atoms with Crippen LogP contribution in [-0.2, 0) is 30.0 Å². The molecule has 0 saturated carbocycles. The molecule has 0 bridgehead atoms. The van der Waals surface area contributed by atoms with Crippen molar-refractivity contribution in [3.8, 4) is 11.5 Å². The predicted octanol–water partition coefficient (Wildman–Crippen LogP) is 4.93. The third-order valence-corrected chi connectivity index (χ3v) is 5.08. The summed E-state index contributed by atoms with van der Waals surface area (Å²) in [7, 11) is 2.16.